The highest BCUT2D eigenvalue weighted by Crippen LogP contribution is 2.29. The highest BCUT2D eigenvalue weighted by Gasteiger charge is 2.30. The highest BCUT2D eigenvalue weighted by molar-refractivity contribution is 5.76. The zero-order chi connectivity index (χ0) is 16.8. The summed E-state index contributed by atoms with van der Waals surface area (Å²) < 4.78 is 5.38. The fraction of sp³-hybridized carbons (Fsp3) is 0.875. The van der Waals surface area contributed by atoms with Gasteiger partial charge in [-0.3, -0.25) is 9.59 Å². The molecule has 5 heteroatoms. The molecule has 0 bridgehead atoms. The Morgan fingerprint density at radius 2 is 1.57 bits per heavy atom. The van der Waals surface area contributed by atoms with E-state index in [2.05, 4.69) is 0 Å². The third-order valence-corrected chi connectivity index (χ3v) is 3.17. The molecule has 124 valence electrons. The summed E-state index contributed by atoms with van der Waals surface area (Å²) in [5, 5.41) is 18.8. The van der Waals surface area contributed by atoms with E-state index in [0.29, 0.717) is 12.8 Å². The van der Waals surface area contributed by atoms with Crippen molar-refractivity contribution in [1.82, 2.24) is 0 Å². The number of carbonyl (C=O) groups is 2. The lowest BCUT2D eigenvalue weighted by molar-refractivity contribution is -0.155. The molecular weight excluding hydrogens is 272 g/mol. The number of hydrogen-bond donors (Lipinski definition) is 2. The lowest BCUT2D eigenvalue weighted by Gasteiger charge is -2.32. The number of carboxylic acids is 1. The van der Waals surface area contributed by atoms with E-state index in [1.54, 1.807) is 0 Å². The normalized spacial score (nSPS) is 15.4. The maximum Gasteiger partial charge on any atom is 0.306 e. The second kappa shape index (κ2) is 7.78. The predicted octanol–water partition coefficient (Wildman–Crippen LogP) is 3.00. The SMILES string of the molecule is CC(C)(C)CC(CC(O)C(C)(C)C)OC(=O)CCC(=O)O. The zero-order valence-corrected chi connectivity index (χ0v) is 14.1. The fourth-order valence-electron chi connectivity index (χ4n) is 1.91. The molecular formula is C16H30O5. The average Bonchev–Trinajstić information content (AvgIpc) is 2.22. The molecule has 0 aliphatic carbocycles. The van der Waals surface area contributed by atoms with E-state index in [4.69, 9.17) is 9.84 Å². The van der Waals surface area contributed by atoms with E-state index in [9.17, 15) is 14.7 Å². The molecule has 0 spiro atoms. The topological polar surface area (TPSA) is 83.8 Å². The number of aliphatic carboxylic acids is 1. The molecule has 0 aromatic rings. The van der Waals surface area contributed by atoms with Crippen molar-refractivity contribution >= 4 is 11.9 Å². The average molecular weight is 302 g/mol. The van der Waals surface area contributed by atoms with Gasteiger partial charge in [-0.25, -0.2) is 0 Å². The summed E-state index contributed by atoms with van der Waals surface area (Å²) in [7, 11) is 0. The molecule has 0 saturated carbocycles. The summed E-state index contributed by atoms with van der Waals surface area (Å²) in [6.45, 7) is 11.9. The van der Waals surface area contributed by atoms with E-state index in [-0.39, 0.29) is 23.7 Å². The van der Waals surface area contributed by atoms with Crippen LogP contribution in [0, 0.1) is 10.8 Å². The Balaban J connectivity index is 4.67. The summed E-state index contributed by atoms with van der Waals surface area (Å²) in [6, 6.07) is 0. The Morgan fingerprint density at radius 1 is 1.05 bits per heavy atom. The maximum absolute atomic E-state index is 11.7. The fourth-order valence-corrected chi connectivity index (χ4v) is 1.91. The molecule has 0 saturated heterocycles. The minimum atomic E-state index is -1.02. The molecule has 2 atom stereocenters. The summed E-state index contributed by atoms with van der Waals surface area (Å²) in [4.78, 5) is 22.2. The van der Waals surface area contributed by atoms with Crippen LogP contribution in [0.25, 0.3) is 0 Å². The van der Waals surface area contributed by atoms with Gasteiger partial charge in [0, 0.05) is 6.42 Å². The van der Waals surface area contributed by atoms with E-state index < -0.39 is 24.1 Å². The van der Waals surface area contributed by atoms with E-state index in [0.717, 1.165) is 0 Å². The number of aliphatic hydroxyl groups excluding tert-OH is 1. The molecule has 0 fully saturated rings. The van der Waals surface area contributed by atoms with Crippen molar-refractivity contribution in [1.29, 1.82) is 0 Å². The second-order valence-corrected chi connectivity index (χ2v) is 7.89. The van der Waals surface area contributed by atoms with Gasteiger partial charge < -0.3 is 14.9 Å². The molecule has 0 radical (unpaired) electrons. The van der Waals surface area contributed by atoms with Crippen LogP contribution in [0.3, 0.4) is 0 Å². The highest BCUT2D eigenvalue weighted by atomic mass is 16.5. The van der Waals surface area contributed by atoms with Crippen LogP contribution in [-0.4, -0.2) is 34.4 Å². The smallest absolute Gasteiger partial charge is 0.306 e. The first-order valence-electron chi connectivity index (χ1n) is 7.40. The van der Waals surface area contributed by atoms with Crippen LogP contribution in [-0.2, 0) is 14.3 Å². The van der Waals surface area contributed by atoms with Crippen LogP contribution in [0.15, 0.2) is 0 Å². The lowest BCUT2D eigenvalue weighted by atomic mass is 9.82. The molecule has 0 aromatic carbocycles. The third kappa shape index (κ3) is 10.3. The minimum Gasteiger partial charge on any atom is -0.481 e. The number of hydrogen-bond acceptors (Lipinski definition) is 4. The Bertz CT molecular complexity index is 349. The molecule has 0 amide bonds. The van der Waals surface area contributed by atoms with Gasteiger partial charge in [-0.15, -0.1) is 0 Å². The summed E-state index contributed by atoms with van der Waals surface area (Å²) in [5.41, 5.74) is -0.334. The first-order valence-corrected chi connectivity index (χ1v) is 7.40. The molecule has 2 N–H and O–H groups in total. The standard InChI is InChI=1S/C16H30O5/c1-15(2,3)10-11(9-12(17)16(4,5)6)21-14(20)8-7-13(18)19/h11-12,17H,7-10H2,1-6H3,(H,18,19). The predicted molar refractivity (Wildman–Crippen MR) is 80.9 cm³/mol. The van der Waals surface area contributed by atoms with Crippen molar-refractivity contribution < 1.29 is 24.5 Å². The van der Waals surface area contributed by atoms with Crippen molar-refractivity contribution in [2.45, 2.75) is 79.4 Å². The van der Waals surface area contributed by atoms with Crippen molar-refractivity contribution in [2.75, 3.05) is 0 Å². The molecule has 2 unspecified atom stereocenters. The van der Waals surface area contributed by atoms with Gasteiger partial charge in [0.25, 0.3) is 0 Å². The molecule has 0 rings (SSSR count). The number of esters is 1. The summed E-state index contributed by atoms with van der Waals surface area (Å²) in [6.07, 6.45) is -0.374. The zero-order valence-electron chi connectivity index (χ0n) is 14.1. The van der Waals surface area contributed by atoms with E-state index in [1.165, 1.54) is 0 Å². The number of carboxylic acid groups (broad SMARTS) is 1. The molecule has 0 aromatic heterocycles. The molecule has 0 aliphatic heterocycles. The van der Waals surface area contributed by atoms with Gasteiger partial charge in [0.2, 0.25) is 0 Å². The van der Waals surface area contributed by atoms with E-state index in [1.807, 2.05) is 41.5 Å². The van der Waals surface area contributed by atoms with Crippen molar-refractivity contribution in [3.05, 3.63) is 0 Å². The van der Waals surface area contributed by atoms with Gasteiger partial charge >= 0.3 is 11.9 Å². The molecule has 21 heavy (non-hydrogen) atoms. The molecule has 0 aliphatic rings. The Kier molecular flexibility index (Phi) is 7.37. The second-order valence-electron chi connectivity index (χ2n) is 7.89. The maximum atomic E-state index is 11.7. The van der Waals surface area contributed by atoms with Crippen LogP contribution < -0.4 is 0 Å². The number of carbonyl (C=O) groups excluding carboxylic acids is 1. The van der Waals surface area contributed by atoms with Gasteiger partial charge in [0.1, 0.15) is 6.10 Å². The molecule has 5 nitrogen and oxygen atoms in total. The lowest BCUT2D eigenvalue weighted by Crippen LogP contribution is -2.34. The Hall–Kier alpha value is -1.10. The third-order valence-electron chi connectivity index (χ3n) is 3.17. The van der Waals surface area contributed by atoms with Crippen molar-refractivity contribution in [3.8, 4) is 0 Å². The van der Waals surface area contributed by atoms with Gasteiger partial charge in [0.15, 0.2) is 0 Å². The number of ether oxygens (including phenoxy) is 1. The van der Waals surface area contributed by atoms with Crippen molar-refractivity contribution in [3.63, 3.8) is 0 Å². The van der Waals surface area contributed by atoms with Crippen LogP contribution in [0.4, 0.5) is 0 Å². The number of rotatable bonds is 7. The quantitative estimate of drug-likeness (QED) is 0.706. The van der Waals surface area contributed by atoms with E-state index >= 15 is 0 Å². The van der Waals surface area contributed by atoms with Crippen LogP contribution in [0.2, 0.25) is 0 Å². The number of aliphatic hydroxyl groups is 1. The van der Waals surface area contributed by atoms with Crippen LogP contribution in [0.5, 0.6) is 0 Å². The molecule has 0 heterocycles. The van der Waals surface area contributed by atoms with Crippen LogP contribution in [0.1, 0.15) is 67.2 Å². The van der Waals surface area contributed by atoms with Crippen LogP contribution >= 0.6 is 0 Å². The van der Waals surface area contributed by atoms with Crippen molar-refractivity contribution in [2.24, 2.45) is 10.8 Å². The largest absolute Gasteiger partial charge is 0.481 e. The van der Waals surface area contributed by atoms with Gasteiger partial charge in [-0.2, -0.15) is 0 Å². The monoisotopic (exact) mass is 302 g/mol. The Morgan fingerprint density at radius 3 is 1.95 bits per heavy atom. The van der Waals surface area contributed by atoms with Gasteiger partial charge in [0.05, 0.1) is 18.9 Å². The Labute approximate surface area is 127 Å². The summed E-state index contributed by atoms with van der Waals surface area (Å²) >= 11 is 0. The summed E-state index contributed by atoms with van der Waals surface area (Å²) in [5.74, 6) is -1.54. The first-order chi connectivity index (χ1) is 9.31. The van der Waals surface area contributed by atoms with Gasteiger partial charge in [-0.1, -0.05) is 41.5 Å². The van der Waals surface area contributed by atoms with Gasteiger partial charge in [-0.05, 0) is 17.3 Å². The minimum absolute atomic E-state index is 0.0463. The first kappa shape index (κ1) is 19.9.